The predicted octanol–water partition coefficient (Wildman–Crippen LogP) is 2.79. The van der Waals surface area contributed by atoms with Crippen LogP contribution in [0.1, 0.15) is 30.3 Å². The Morgan fingerprint density at radius 3 is 2.59 bits per heavy atom. The van der Waals surface area contributed by atoms with Crippen molar-refractivity contribution in [3.8, 4) is 11.3 Å². The van der Waals surface area contributed by atoms with Gasteiger partial charge in [0.25, 0.3) is 5.91 Å². The van der Waals surface area contributed by atoms with E-state index in [1.807, 2.05) is 48.5 Å². The SMILES string of the molecule is CC(=O)N1CCC(N(CCO)C(=O)c2cc3cccc4ccccc4c-3n2)CC1. The molecule has 2 aliphatic heterocycles. The van der Waals surface area contributed by atoms with Crippen LogP contribution in [0, 0.1) is 0 Å². The minimum atomic E-state index is -0.164. The quantitative estimate of drug-likeness (QED) is 0.742. The lowest BCUT2D eigenvalue weighted by molar-refractivity contribution is -0.130. The fraction of sp³-hybridized carbons (Fsp3) is 0.348. The molecule has 0 atom stereocenters. The van der Waals surface area contributed by atoms with Crippen LogP contribution in [0.2, 0.25) is 0 Å². The van der Waals surface area contributed by atoms with E-state index in [1.54, 1.807) is 16.7 Å². The molecule has 0 radical (unpaired) electrons. The molecule has 3 aliphatic rings. The first-order valence-corrected chi connectivity index (χ1v) is 10.0. The summed E-state index contributed by atoms with van der Waals surface area (Å²) in [6.07, 6.45) is 1.42. The number of aliphatic hydroxyl groups excluding tert-OH is 1. The Kier molecular flexibility index (Phi) is 5.45. The van der Waals surface area contributed by atoms with Gasteiger partial charge in [-0.2, -0.15) is 0 Å². The van der Waals surface area contributed by atoms with Gasteiger partial charge in [0.05, 0.1) is 12.3 Å². The zero-order valence-corrected chi connectivity index (χ0v) is 16.5. The number of aromatic nitrogens is 1. The molecule has 1 saturated heterocycles. The third-order valence-corrected chi connectivity index (χ3v) is 5.74. The number of aliphatic hydroxyl groups is 1. The second-order valence-electron chi connectivity index (χ2n) is 7.52. The average molecular weight is 391 g/mol. The number of hydrogen-bond donors (Lipinski definition) is 1. The normalized spacial score (nSPS) is 15.0. The number of carbonyl (C=O) groups excluding carboxylic acids is 2. The van der Waals surface area contributed by atoms with E-state index in [2.05, 4.69) is 4.98 Å². The van der Waals surface area contributed by atoms with Crippen LogP contribution in [0.3, 0.4) is 0 Å². The molecule has 4 rings (SSSR count). The van der Waals surface area contributed by atoms with Gasteiger partial charge in [0.15, 0.2) is 0 Å². The van der Waals surface area contributed by atoms with Gasteiger partial charge >= 0.3 is 0 Å². The summed E-state index contributed by atoms with van der Waals surface area (Å²) in [6.45, 7) is 3.00. The number of amides is 2. The third-order valence-electron chi connectivity index (χ3n) is 5.74. The summed E-state index contributed by atoms with van der Waals surface area (Å²) in [5.74, 6) is -0.101. The molecule has 0 spiro atoms. The van der Waals surface area contributed by atoms with Gasteiger partial charge in [-0.15, -0.1) is 0 Å². The van der Waals surface area contributed by atoms with Crippen LogP contribution in [0.5, 0.6) is 0 Å². The van der Waals surface area contributed by atoms with Gasteiger partial charge in [-0.25, -0.2) is 4.98 Å². The number of likely N-dealkylation sites (tertiary alicyclic amines) is 1. The van der Waals surface area contributed by atoms with Crippen LogP contribution in [0.25, 0.3) is 22.0 Å². The van der Waals surface area contributed by atoms with Gasteiger partial charge in [0.1, 0.15) is 5.69 Å². The van der Waals surface area contributed by atoms with E-state index < -0.39 is 0 Å². The second-order valence-corrected chi connectivity index (χ2v) is 7.52. The first-order chi connectivity index (χ1) is 14.1. The van der Waals surface area contributed by atoms with Crippen molar-refractivity contribution in [2.24, 2.45) is 0 Å². The minimum Gasteiger partial charge on any atom is -0.395 e. The monoisotopic (exact) mass is 391 g/mol. The predicted molar refractivity (Wildman–Crippen MR) is 112 cm³/mol. The number of rotatable bonds is 4. The van der Waals surface area contributed by atoms with Crippen molar-refractivity contribution in [1.29, 1.82) is 0 Å². The molecule has 6 heteroatoms. The lowest BCUT2D eigenvalue weighted by Crippen LogP contribution is -2.49. The summed E-state index contributed by atoms with van der Waals surface area (Å²) in [6, 6.07) is 15.8. The van der Waals surface area contributed by atoms with Crippen LogP contribution < -0.4 is 0 Å². The number of fused-ring (bicyclic) bond motifs is 3. The van der Waals surface area contributed by atoms with Gasteiger partial charge < -0.3 is 14.9 Å². The molecule has 1 fully saturated rings. The summed E-state index contributed by atoms with van der Waals surface area (Å²) < 4.78 is 0. The summed E-state index contributed by atoms with van der Waals surface area (Å²) in [5, 5.41) is 11.6. The lowest BCUT2D eigenvalue weighted by Gasteiger charge is -2.37. The molecule has 0 unspecified atom stereocenters. The standard InChI is InChI=1S/C23H25N3O3/c1-16(28)25-11-9-19(10-12-25)26(13-14-27)23(29)21-15-18-7-4-6-17-5-2-3-8-20(17)22(18)24-21/h2-8,15,19,27H,9-14H2,1H3. The topological polar surface area (TPSA) is 73.7 Å². The van der Waals surface area contributed by atoms with E-state index in [0.29, 0.717) is 31.6 Å². The van der Waals surface area contributed by atoms with Crippen molar-refractivity contribution in [3.05, 3.63) is 54.2 Å². The Bertz CT molecular complexity index is 1010. The zero-order valence-electron chi connectivity index (χ0n) is 16.5. The van der Waals surface area contributed by atoms with E-state index in [0.717, 1.165) is 22.0 Å². The molecule has 1 aromatic rings. The lowest BCUT2D eigenvalue weighted by atomic mass is 10.0. The molecule has 0 bridgehead atoms. The Morgan fingerprint density at radius 2 is 1.86 bits per heavy atom. The number of piperidine rings is 1. The van der Waals surface area contributed by atoms with Crippen molar-refractivity contribution < 1.29 is 14.7 Å². The molecule has 150 valence electrons. The Balaban J connectivity index is 1.65. The molecule has 1 aromatic carbocycles. The highest BCUT2D eigenvalue weighted by Gasteiger charge is 2.30. The van der Waals surface area contributed by atoms with Gasteiger partial charge in [0.2, 0.25) is 5.91 Å². The zero-order chi connectivity index (χ0) is 20.4. The maximum absolute atomic E-state index is 13.3. The van der Waals surface area contributed by atoms with E-state index in [1.165, 1.54) is 0 Å². The van der Waals surface area contributed by atoms with Crippen LogP contribution >= 0.6 is 0 Å². The van der Waals surface area contributed by atoms with Crippen LogP contribution in [-0.4, -0.2) is 64.0 Å². The Labute approximate surface area is 170 Å². The van der Waals surface area contributed by atoms with Crippen molar-refractivity contribution >= 4 is 22.6 Å². The fourth-order valence-corrected chi connectivity index (χ4v) is 4.20. The van der Waals surface area contributed by atoms with E-state index in [9.17, 15) is 14.7 Å². The molecular formula is C23H25N3O3. The van der Waals surface area contributed by atoms with Crippen molar-refractivity contribution in [3.63, 3.8) is 0 Å². The molecule has 6 nitrogen and oxygen atoms in total. The minimum absolute atomic E-state index is 0.00193. The first kappa shape index (κ1) is 19.3. The number of hydrogen-bond acceptors (Lipinski definition) is 4. The average Bonchev–Trinajstić information content (AvgIpc) is 3.08. The summed E-state index contributed by atoms with van der Waals surface area (Å²) in [4.78, 5) is 33.1. The van der Waals surface area contributed by atoms with Crippen molar-refractivity contribution in [2.45, 2.75) is 25.8 Å². The second kappa shape index (κ2) is 8.17. The largest absolute Gasteiger partial charge is 0.395 e. The van der Waals surface area contributed by atoms with Gasteiger partial charge in [-0.1, -0.05) is 42.5 Å². The summed E-state index contributed by atoms with van der Waals surface area (Å²) in [5.41, 5.74) is 2.13. The molecule has 0 aromatic heterocycles. The Morgan fingerprint density at radius 1 is 1.14 bits per heavy atom. The molecule has 2 amide bonds. The highest BCUT2D eigenvalue weighted by molar-refractivity contribution is 6.00. The maximum atomic E-state index is 13.3. The Hall–Kier alpha value is -2.99. The van der Waals surface area contributed by atoms with Crippen molar-refractivity contribution in [2.75, 3.05) is 26.2 Å². The highest BCUT2D eigenvalue weighted by Crippen LogP contribution is 2.30. The van der Waals surface area contributed by atoms with Gasteiger partial charge in [-0.05, 0) is 24.3 Å². The molecule has 1 aliphatic carbocycles. The summed E-state index contributed by atoms with van der Waals surface area (Å²) >= 11 is 0. The smallest absolute Gasteiger partial charge is 0.272 e. The molecule has 1 N–H and O–H groups in total. The van der Waals surface area contributed by atoms with Crippen LogP contribution in [-0.2, 0) is 4.79 Å². The summed E-state index contributed by atoms with van der Waals surface area (Å²) in [7, 11) is 0. The van der Waals surface area contributed by atoms with Gasteiger partial charge in [-0.3, -0.25) is 9.59 Å². The van der Waals surface area contributed by atoms with Crippen LogP contribution in [0.4, 0.5) is 0 Å². The maximum Gasteiger partial charge on any atom is 0.272 e. The van der Waals surface area contributed by atoms with E-state index in [-0.39, 0.29) is 31.0 Å². The van der Waals surface area contributed by atoms with Crippen molar-refractivity contribution in [1.82, 2.24) is 14.8 Å². The molecular weight excluding hydrogens is 366 g/mol. The number of benzene rings is 1. The number of carbonyl (C=O) groups is 2. The molecule has 0 saturated carbocycles. The number of nitrogens with zero attached hydrogens (tertiary/aromatic N) is 3. The van der Waals surface area contributed by atoms with Gasteiger partial charge in [0, 0.05) is 43.5 Å². The van der Waals surface area contributed by atoms with Crippen LogP contribution in [0.15, 0.2) is 48.5 Å². The highest BCUT2D eigenvalue weighted by atomic mass is 16.3. The van der Waals surface area contributed by atoms with E-state index >= 15 is 0 Å². The van der Waals surface area contributed by atoms with E-state index in [4.69, 9.17) is 0 Å². The molecule has 29 heavy (non-hydrogen) atoms. The first-order valence-electron chi connectivity index (χ1n) is 10.0. The fourth-order valence-electron chi connectivity index (χ4n) is 4.20. The molecule has 2 heterocycles. The third kappa shape index (κ3) is 3.80.